The monoisotopic (exact) mass is 347 g/mol. The Hall–Kier alpha value is -2.57. The van der Waals surface area contributed by atoms with Gasteiger partial charge < -0.3 is 20.6 Å². The fourth-order valence-electron chi connectivity index (χ4n) is 2.95. The Morgan fingerprint density at radius 2 is 1.76 bits per heavy atom. The number of piperidine rings is 1. The van der Waals surface area contributed by atoms with Gasteiger partial charge >= 0.3 is 12.0 Å². The number of hydrogen-bond donors (Lipinski definition) is 3. The second-order valence-electron chi connectivity index (χ2n) is 6.27. The van der Waals surface area contributed by atoms with Crippen molar-refractivity contribution >= 4 is 17.9 Å². The number of carbonyl (C=O) groups excluding carboxylic acids is 2. The summed E-state index contributed by atoms with van der Waals surface area (Å²) < 4.78 is 0. The van der Waals surface area contributed by atoms with Crippen molar-refractivity contribution in [3.8, 4) is 0 Å². The van der Waals surface area contributed by atoms with Crippen molar-refractivity contribution in [2.75, 3.05) is 26.2 Å². The minimum atomic E-state index is -0.977. The fourth-order valence-corrected chi connectivity index (χ4v) is 2.95. The summed E-state index contributed by atoms with van der Waals surface area (Å²) in [5.41, 5.74) is 1.33. The van der Waals surface area contributed by atoms with E-state index in [-0.39, 0.29) is 25.4 Å². The van der Waals surface area contributed by atoms with Gasteiger partial charge in [0.25, 0.3) is 0 Å². The van der Waals surface area contributed by atoms with Gasteiger partial charge in [0.05, 0.1) is 13.0 Å². The number of likely N-dealkylation sites (tertiary alicyclic amines) is 1. The third-order valence-corrected chi connectivity index (χ3v) is 4.36. The number of carbonyl (C=O) groups is 3. The van der Waals surface area contributed by atoms with Crippen molar-refractivity contribution in [3.05, 3.63) is 35.9 Å². The zero-order valence-electron chi connectivity index (χ0n) is 14.2. The van der Waals surface area contributed by atoms with Crippen LogP contribution in [0.4, 0.5) is 4.79 Å². The highest BCUT2D eigenvalue weighted by Gasteiger charge is 2.23. The molecule has 7 heteroatoms. The first-order valence-corrected chi connectivity index (χ1v) is 8.60. The molecule has 25 heavy (non-hydrogen) atoms. The Morgan fingerprint density at radius 1 is 1.08 bits per heavy atom. The van der Waals surface area contributed by atoms with Crippen molar-refractivity contribution in [1.82, 2.24) is 15.5 Å². The molecule has 2 rings (SSSR count). The Kier molecular flexibility index (Phi) is 7.25. The number of hydrogen-bond acceptors (Lipinski definition) is 3. The van der Waals surface area contributed by atoms with Crippen molar-refractivity contribution < 1.29 is 19.5 Å². The van der Waals surface area contributed by atoms with E-state index in [0.29, 0.717) is 19.0 Å². The first-order chi connectivity index (χ1) is 12.0. The third kappa shape index (κ3) is 6.82. The minimum Gasteiger partial charge on any atom is -0.481 e. The summed E-state index contributed by atoms with van der Waals surface area (Å²) in [6.07, 6.45) is 2.82. The molecule has 3 N–H and O–H groups in total. The number of carboxylic acids is 1. The number of urea groups is 1. The summed E-state index contributed by atoms with van der Waals surface area (Å²) in [6.45, 7) is 1.39. The molecule has 1 aromatic rings. The van der Waals surface area contributed by atoms with E-state index in [1.165, 1.54) is 5.56 Å². The molecule has 3 amide bonds. The lowest BCUT2D eigenvalue weighted by Crippen LogP contribution is -2.46. The Morgan fingerprint density at radius 3 is 2.40 bits per heavy atom. The van der Waals surface area contributed by atoms with E-state index in [0.717, 1.165) is 19.3 Å². The predicted octanol–water partition coefficient (Wildman–Crippen LogP) is 1.24. The maximum absolute atomic E-state index is 12.1. The van der Waals surface area contributed by atoms with Crippen LogP contribution in [0.2, 0.25) is 0 Å². The molecular formula is C18H25N3O4. The maximum Gasteiger partial charge on any atom is 0.315 e. The predicted molar refractivity (Wildman–Crippen MR) is 93.1 cm³/mol. The third-order valence-electron chi connectivity index (χ3n) is 4.36. The van der Waals surface area contributed by atoms with Gasteiger partial charge in [0.1, 0.15) is 0 Å². The van der Waals surface area contributed by atoms with E-state index in [4.69, 9.17) is 5.11 Å². The van der Waals surface area contributed by atoms with Crippen molar-refractivity contribution in [3.63, 3.8) is 0 Å². The van der Waals surface area contributed by atoms with Gasteiger partial charge in [-0.3, -0.25) is 9.59 Å². The zero-order chi connectivity index (χ0) is 18.1. The van der Waals surface area contributed by atoms with Crippen molar-refractivity contribution in [2.45, 2.75) is 25.7 Å². The molecule has 0 aliphatic carbocycles. The molecule has 0 spiro atoms. The van der Waals surface area contributed by atoms with Gasteiger partial charge in [-0.25, -0.2) is 4.79 Å². The Balaban J connectivity index is 1.63. The summed E-state index contributed by atoms with van der Waals surface area (Å²) in [6, 6.07) is 9.83. The number of aliphatic carboxylic acids is 1. The molecule has 0 bridgehead atoms. The molecule has 1 aliphatic rings. The zero-order valence-corrected chi connectivity index (χ0v) is 14.2. The van der Waals surface area contributed by atoms with Crippen LogP contribution in [0.15, 0.2) is 30.3 Å². The van der Waals surface area contributed by atoms with Gasteiger partial charge in [0, 0.05) is 19.6 Å². The lowest BCUT2D eigenvalue weighted by atomic mass is 9.90. The number of nitrogens with zero attached hydrogens (tertiary/aromatic N) is 1. The first-order valence-electron chi connectivity index (χ1n) is 8.60. The molecule has 1 aromatic carbocycles. The van der Waals surface area contributed by atoms with Gasteiger partial charge in [-0.1, -0.05) is 30.3 Å². The minimum absolute atomic E-state index is 0.0419. The molecule has 1 aliphatic heterocycles. The second-order valence-corrected chi connectivity index (χ2v) is 6.27. The number of amides is 3. The molecule has 0 radical (unpaired) electrons. The van der Waals surface area contributed by atoms with Gasteiger partial charge in [-0.05, 0) is 30.7 Å². The molecule has 1 saturated heterocycles. The van der Waals surface area contributed by atoms with Crippen LogP contribution in [0.3, 0.4) is 0 Å². The van der Waals surface area contributed by atoms with Crippen LogP contribution in [-0.4, -0.2) is 54.1 Å². The molecule has 7 nitrogen and oxygen atoms in total. The molecule has 136 valence electrons. The molecule has 0 unspecified atom stereocenters. The summed E-state index contributed by atoms with van der Waals surface area (Å²) >= 11 is 0. The normalized spacial score (nSPS) is 14.8. The summed E-state index contributed by atoms with van der Waals surface area (Å²) in [4.78, 5) is 35.8. The Bertz CT molecular complexity index is 583. The van der Waals surface area contributed by atoms with E-state index < -0.39 is 12.0 Å². The average molecular weight is 347 g/mol. The highest BCUT2D eigenvalue weighted by atomic mass is 16.4. The quantitative estimate of drug-likeness (QED) is 0.691. The summed E-state index contributed by atoms with van der Waals surface area (Å²) in [5.74, 6) is -0.500. The first kappa shape index (κ1) is 18.8. The number of benzene rings is 1. The van der Waals surface area contributed by atoms with Gasteiger partial charge in [0.15, 0.2) is 0 Å². The van der Waals surface area contributed by atoms with Crippen LogP contribution in [0.5, 0.6) is 0 Å². The summed E-state index contributed by atoms with van der Waals surface area (Å²) in [7, 11) is 0. The highest BCUT2D eigenvalue weighted by Crippen LogP contribution is 2.21. The van der Waals surface area contributed by atoms with Crippen molar-refractivity contribution in [1.29, 1.82) is 0 Å². The van der Waals surface area contributed by atoms with Gasteiger partial charge in [-0.2, -0.15) is 0 Å². The van der Waals surface area contributed by atoms with E-state index in [1.54, 1.807) is 4.90 Å². The highest BCUT2D eigenvalue weighted by molar-refractivity contribution is 5.84. The topological polar surface area (TPSA) is 98.7 Å². The average Bonchev–Trinajstić information content (AvgIpc) is 2.61. The van der Waals surface area contributed by atoms with E-state index in [2.05, 4.69) is 22.8 Å². The van der Waals surface area contributed by atoms with Crippen LogP contribution in [0, 0.1) is 5.92 Å². The lowest BCUT2D eigenvalue weighted by Gasteiger charge is -2.32. The SMILES string of the molecule is O=C(O)CCNC(=O)NCC(=O)N1CCC(Cc2ccccc2)CC1. The van der Waals surface area contributed by atoms with Crippen LogP contribution in [0.25, 0.3) is 0 Å². The smallest absolute Gasteiger partial charge is 0.315 e. The van der Waals surface area contributed by atoms with Crippen LogP contribution in [0.1, 0.15) is 24.8 Å². The largest absolute Gasteiger partial charge is 0.481 e. The molecule has 0 aromatic heterocycles. The van der Waals surface area contributed by atoms with Gasteiger partial charge in [-0.15, -0.1) is 0 Å². The van der Waals surface area contributed by atoms with E-state index in [9.17, 15) is 14.4 Å². The molecule has 0 atom stereocenters. The molecule has 1 heterocycles. The lowest BCUT2D eigenvalue weighted by molar-refractivity contribution is -0.137. The van der Waals surface area contributed by atoms with Crippen LogP contribution in [-0.2, 0) is 16.0 Å². The molecule has 0 saturated carbocycles. The number of rotatable bonds is 7. The van der Waals surface area contributed by atoms with E-state index >= 15 is 0 Å². The standard InChI is InChI=1S/C18H25N3O4/c22-16(13-20-18(25)19-9-6-17(23)24)21-10-7-15(8-11-21)12-14-4-2-1-3-5-14/h1-5,15H,6-13H2,(H,23,24)(H2,19,20,25). The number of carboxylic acid groups (broad SMARTS) is 1. The second kappa shape index (κ2) is 9.66. The summed E-state index contributed by atoms with van der Waals surface area (Å²) in [5, 5.41) is 13.4. The fraction of sp³-hybridized carbons (Fsp3) is 0.500. The Labute approximate surface area is 147 Å². The van der Waals surface area contributed by atoms with E-state index in [1.807, 2.05) is 18.2 Å². The maximum atomic E-state index is 12.1. The van der Waals surface area contributed by atoms with Crippen LogP contribution < -0.4 is 10.6 Å². The molecular weight excluding hydrogens is 322 g/mol. The number of nitrogens with one attached hydrogen (secondary N) is 2. The van der Waals surface area contributed by atoms with Crippen molar-refractivity contribution in [2.24, 2.45) is 5.92 Å². The van der Waals surface area contributed by atoms with Gasteiger partial charge in [0.2, 0.25) is 5.91 Å². The van der Waals surface area contributed by atoms with Crippen LogP contribution >= 0.6 is 0 Å². The molecule has 1 fully saturated rings.